The van der Waals surface area contributed by atoms with Crippen LogP contribution in [0.3, 0.4) is 0 Å². The highest BCUT2D eigenvalue weighted by molar-refractivity contribution is 6.72. The minimum Gasteiger partial charge on any atom is -0.432 e. The Balaban J connectivity index is 4.38. The Bertz CT molecular complexity index is 245. The summed E-state index contributed by atoms with van der Waals surface area (Å²) in [5.74, 6) is 3.39. The average Bonchev–Trinajstić information content (AvgIpc) is 2.16. The maximum Gasteiger partial charge on any atom is 0.188 e. The van der Waals surface area contributed by atoms with Gasteiger partial charge in [0.2, 0.25) is 0 Å². The van der Waals surface area contributed by atoms with Crippen molar-refractivity contribution in [2.24, 2.45) is 5.92 Å². The molecule has 0 aromatic carbocycles. The molecule has 0 aliphatic rings. The van der Waals surface area contributed by atoms with Gasteiger partial charge in [0, 0.05) is 6.42 Å². The Labute approximate surface area is 109 Å². The van der Waals surface area contributed by atoms with Crippen molar-refractivity contribution in [2.75, 3.05) is 0 Å². The van der Waals surface area contributed by atoms with Gasteiger partial charge in [0.25, 0.3) is 0 Å². The first-order valence-corrected chi connectivity index (χ1v) is 9.85. The zero-order chi connectivity index (χ0) is 13.5. The summed E-state index contributed by atoms with van der Waals surface area (Å²) in [7, 11) is -2.09. The number of rotatable bonds is 8. The van der Waals surface area contributed by atoms with Crippen molar-refractivity contribution >= 4 is 8.32 Å². The summed E-state index contributed by atoms with van der Waals surface area (Å²) in [6.07, 6.45) is 12.4. The summed E-state index contributed by atoms with van der Waals surface area (Å²) in [5.41, 5.74) is 0. The summed E-state index contributed by atoms with van der Waals surface area (Å²) >= 11 is 0. The SMILES string of the molecule is C#CCC(CCCCC)CC(C)(C)[Si](C)(C)O. The lowest BCUT2D eigenvalue weighted by molar-refractivity contribution is 0.354. The molecule has 0 aromatic heterocycles. The zero-order valence-electron chi connectivity index (χ0n) is 12.3. The summed E-state index contributed by atoms with van der Waals surface area (Å²) in [4.78, 5) is 10.3. The van der Waals surface area contributed by atoms with E-state index in [1.165, 1.54) is 25.7 Å². The van der Waals surface area contributed by atoms with E-state index in [2.05, 4.69) is 26.7 Å². The topological polar surface area (TPSA) is 20.2 Å². The monoisotopic (exact) mass is 254 g/mol. The van der Waals surface area contributed by atoms with Crippen molar-refractivity contribution in [1.29, 1.82) is 0 Å². The molecule has 100 valence electrons. The summed E-state index contributed by atoms with van der Waals surface area (Å²) in [5, 5.41) is 0.0563. The minimum absolute atomic E-state index is 0.0563. The lowest BCUT2D eigenvalue weighted by atomic mass is 9.89. The third-order valence-electron chi connectivity index (χ3n) is 4.08. The molecule has 0 heterocycles. The van der Waals surface area contributed by atoms with Gasteiger partial charge in [-0.2, -0.15) is 0 Å². The van der Waals surface area contributed by atoms with Crippen LogP contribution in [0, 0.1) is 18.3 Å². The predicted molar refractivity (Wildman–Crippen MR) is 79.4 cm³/mol. The van der Waals surface area contributed by atoms with Gasteiger partial charge in [-0.15, -0.1) is 12.3 Å². The predicted octanol–water partition coefficient (Wildman–Crippen LogP) is 4.57. The molecule has 1 nitrogen and oxygen atoms in total. The van der Waals surface area contributed by atoms with Crippen LogP contribution in [-0.4, -0.2) is 13.1 Å². The third kappa shape index (κ3) is 6.28. The van der Waals surface area contributed by atoms with Crippen LogP contribution in [0.2, 0.25) is 18.1 Å². The maximum atomic E-state index is 10.3. The van der Waals surface area contributed by atoms with Crippen LogP contribution in [0.25, 0.3) is 0 Å². The molecule has 0 radical (unpaired) electrons. The molecule has 0 aromatic rings. The zero-order valence-corrected chi connectivity index (χ0v) is 13.3. The van der Waals surface area contributed by atoms with Gasteiger partial charge in [-0.25, -0.2) is 0 Å². The van der Waals surface area contributed by atoms with Crippen LogP contribution in [-0.2, 0) is 0 Å². The third-order valence-corrected chi connectivity index (χ3v) is 7.59. The number of terminal acetylenes is 1. The highest BCUT2D eigenvalue weighted by Gasteiger charge is 2.39. The van der Waals surface area contributed by atoms with Crippen LogP contribution < -0.4 is 0 Å². The van der Waals surface area contributed by atoms with Crippen molar-refractivity contribution in [1.82, 2.24) is 0 Å². The number of unbranched alkanes of at least 4 members (excludes halogenated alkanes) is 2. The molecule has 0 rings (SSSR count). The van der Waals surface area contributed by atoms with E-state index < -0.39 is 8.32 Å². The Morgan fingerprint density at radius 3 is 2.29 bits per heavy atom. The van der Waals surface area contributed by atoms with Crippen molar-refractivity contribution in [2.45, 2.75) is 77.4 Å². The fraction of sp³-hybridized carbons (Fsp3) is 0.867. The van der Waals surface area contributed by atoms with Gasteiger partial charge >= 0.3 is 0 Å². The standard InChI is InChI=1S/C15H30OSi/c1-7-9-10-12-14(11-8-2)13-15(3,4)17(5,6)16/h2,14,16H,7,9-13H2,1,3-6H3. The van der Waals surface area contributed by atoms with E-state index in [9.17, 15) is 4.80 Å². The van der Waals surface area contributed by atoms with Gasteiger partial charge in [0.05, 0.1) is 0 Å². The van der Waals surface area contributed by atoms with Gasteiger partial charge in [-0.3, -0.25) is 0 Å². The minimum atomic E-state index is -2.09. The van der Waals surface area contributed by atoms with Crippen LogP contribution >= 0.6 is 0 Å². The summed E-state index contributed by atoms with van der Waals surface area (Å²) in [6.45, 7) is 10.7. The molecular weight excluding hydrogens is 224 g/mol. The second-order valence-corrected chi connectivity index (χ2v) is 10.9. The van der Waals surface area contributed by atoms with Crippen molar-refractivity contribution < 1.29 is 4.80 Å². The van der Waals surface area contributed by atoms with Gasteiger partial charge in [0.1, 0.15) is 0 Å². The van der Waals surface area contributed by atoms with Crippen molar-refractivity contribution in [3.8, 4) is 12.3 Å². The smallest absolute Gasteiger partial charge is 0.188 e. The molecule has 0 saturated heterocycles. The second-order valence-electron chi connectivity index (χ2n) is 6.42. The Morgan fingerprint density at radius 2 is 1.88 bits per heavy atom. The molecule has 1 N–H and O–H groups in total. The highest BCUT2D eigenvalue weighted by atomic mass is 28.4. The molecule has 1 unspecified atom stereocenters. The average molecular weight is 254 g/mol. The normalized spacial score (nSPS) is 14.4. The number of hydrogen-bond acceptors (Lipinski definition) is 1. The van der Waals surface area contributed by atoms with Crippen LogP contribution in [0.4, 0.5) is 0 Å². The van der Waals surface area contributed by atoms with E-state index in [0.717, 1.165) is 12.8 Å². The Hall–Kier alpha value is -0.263. The fourth-order valence-electron chi connectivity index (χ4n) is 2.10. The molecule has 0 saturated carbocycles. The largest absolute Gasteiger partial charge is 0.432 e. The first-order valence-electron chi connectivity index (χ1n) is 6.90. The first kappa shape index (κ1) is 16.7. The van der Waals surface area contributed by atoms with E-state index in [-0.39, 0.29) is 5.04 Å². The molecule has 0 aliphatic heterocycles. The molecule has 1 atom stereocenters. The molecule has 0 fully saturated rings. The van der Waals surface area contributed by atoms with E-state index in [1.807, 2.05) is 13.1 Å². The van der Waals surface area contributed by atoms with Gasteiger partial charge in [-0.1, -0.05) is 40.0 Å². The lowest BCUT2D eigenvalue weighted by Crippen LogP contribution is -2.40. The van der Waals surface area contributed by atoms with E-state index in [4.69, 9.17) is 6.42 Å². The van der Waals surface area contributed by atoms with Gasteiger partial charge < -0.3 is 4.80 Å². The van der Waals surface area contributed by atoms with Crippen molar-refractivity contribution in [3.05, 3.63) is 0 Å². The molecule has 2 heteroatoms. The van der Waals surface area contributed by atoms with E-state index >= 15 is 0 Å². The second kappa shape index (κ2) is 7.23. The Morgan fingerprint density at radius 1 is 1.29 bits per heavy atom. The molecule has 0 amide bonds. The van der Waals surface area contributed by atoms with Gasteiger partial charge in [0.15, 0.2) is 8.32 Å². The first-order chi connectivity index (χ1) is 7.74. The molecule has 0 bridgehead atoms. The highest BCUT2D eigenvalue weighted by Crippen LogP contribution is 2.43. The van der Waals surface area contributed by atoms with Gasteiger partial charge in [-0.05, 0) is 36.9 Å². The molecular formula is C15H30OSi. The molecule has 17 heavy (non-hydrogen) atoms. The summed E-state index contributed by atoms with van der Waals surface area (Å²) in [6, 6.07) is 0. The Kier molecular flexibility index (Phi) is 7.12. The van der Waals surface area contributed by atoms with E-state index in [1.54, 1.807) is 0 Å². The van der Waals surface area contributed by atoms with Crippen LogP contribution in [0.1, 0.15) is 59.3 Å². The maximum absolute atomic E-state index is 10.3. The van der Waals surface area contributed by atoms with Crippen LogP contribution in [0.15, 0.2) is 0 Å². The quantitative estimate of drug-likeness (QED) is 0.382. The lowest BCUT2D eigenvalue weighted by Gasteiger charge is -2.37. The van der Waals surface area contributed by atoms with E-state index in [0.29, 0.717) is 5.92 Å². The summed E-state index contributed by atoms with van der Waals surface area (Å²) < 4.78 is 0. The number of hydrogen-bond donors (Lipinski definition) is 1. The fourth-order valence-corrected chi connectivity index (χ4v) is 2.89. The molecule has 0 spiro atoms. The molecule has 0 aliphatic carbocycles. The van der Waals surface area contributed by atoms with Crippen molar-refractivity contribution in [3.63, 3.8) is 0 Å². The van der Waals surface area contributed by atoms with Crippen LogP contribution in [0.5, 0.6) is 0 Å².